The lowest BCUT2D eigenvalue weighted by atomic mass is 10.1. The van der Waals surface area contributed by atoms with Crippen LogP contribution in [-0.2, 0) is 4.79 Å². The molecule has 0 saturated carbocycles. The molecule has 1 aromatic heterocycles. The Balaban J connectivity index is 2.52. The van der Waals surface area contributed by atoms with E-state index in [1.807, 2.05) is 0 Å². The van der Waals surface area contributed by atoms with E-state index in [0.29, 0.717) is 17.9 Å². The van der Waals surface area contributed by atoms with Crippen LogP contribution in [0.15, 0.2) is 6.20 Å². The summed E-state index contributed by atoms with van der Waals surface area (Å²) >= 11 is 5.76. The molecular weight excluding hydrogens is 240 g/mol. The highest BCUT2D eigenvalue weighted by Gasteiger charge is 2.35. The minimum Gasteiger partial charge on any atom is -0.345 e. The summed E-state index contributed by atoms with van der Waals surface area (Å²) in [6.07, 6.45) is 7.14. The van der Waals surface area contributed by atoms with Crippen molar-refractivity contribution in [3.8, 4) is 12.3 Å². The quantitative estimate of drug-likeness (QED) is 0.550. The van der Waals surface area contributed by atoms with Gasteiger partial charge < -0.3 is 9.80 Å². The third-order valence-electron chi connectivity index (χ3n) is 2.81. The van der Waals surface area contributed by atoms with Crippen LogP contribution in [0.4, 0.5) is 11.5 Å². The lowest BCUT2D eigenvalue weighted by Crippen LogP contribution is -2.51. The van der Waals surface area contributed by atoms with Crippen LogP contribution in [0.1, 0.15) is 6.42 Å². The molecule has 2 rings (SSSR count). The molecule has 88 valence electrons. The topological polar surface area (TPSA) is 49.3 Å². The zero-order valence-corrected chi connectivity index (χ0v) is 10.3. The van der Waals surface area contributed by atoms with Gasteiger partial charge in [-0.25, -0.2) is 4.98 Å². The van der Waals surface area contributed by atoms with Gasteiger partial charge >= 0.3 is 0 Å². The number of carbonyl (C=O) groups is 1. The van der Waals surface area contributed by atoms with Crippen molar-refractivity contribution in [2.75, 3.05) is 23.9 Å². The Morgan fingerprint density at radius 2 is 2.29 bits per heavy atom. The molecule has 0 aliphatic carbocycles. The zero-order chi connectivity index (χ0) is 12.6. The molecule has 0 radical (unpaired) electrons. The smallest absolute Gasteiger partial charge is 0.250 e. The number of amides is 1. The molecule has 0 N–H and O–H groups in total. The highest BCUT2D eigenvalue weighted by Crippen LogP contribution is 2.33. The van der Waals surface area contributed by atoms with E-state index in [1.54, 1.807) is 19.0 Å². The Bertz CT molecular complexity index is 511. The van der Waals surface area contributed by atoms with Gasteiger partial charge in [-0.1, -0.05) is 0 Å². The van der Waals surface area contributed by atoms with Gasteiger partial charge in [-0.15, -0.1) is 12.3 Å². The average molecular weight is 251 g/mol. The zero-order valence-electron chi connectivity index (χ0n) is 9.51. The van der Waals surface area contributed by atoms with Gasteiger partial charge in [0.2, 0.25) is 5.28 Å². The molecule has 0 fully saturated rings. The summed E-state index contributed by atoms with van der Waals surface area (Å²) in [6.45, 7) is 0. The van der Waals surface area contributed by atoms with Crippen molar-refractivity contribution in [3.63, 3.8) is 0 Å². The number of carbonyl (C=O) groups excluding carboxylic acids is 1. The molecule has 1 aliphatic heterocycles. The fraction of sp³-hybridized carbons (Fsp3) is 0.364. The number of halogens is 1. The van der Waals surface area contributed by atoms with Crippen LogP contribution in [0.2, 0.25) is 5.28 Å². The maximum absolute atomic E-state index is 12.1. The Hall–Kier alpha value is -1.80. The number of aromatic nitrogens is 2. The van der Waals surface area contributed by atoms with Crippen molar-refractivity contribution in [3.05, 3.63) is 11.5 Å². The van der Waals surface area contributed by atoms with E-state index < -0.39 is 6.04 Å². The Labute approximate surface area is 104 Å². The number of hydrogen-bond acceptors (Lipinski definition) is 4. The number of terminal acetylenes is 1. The minimum absolute atomic E-state index is 0.0659. The Morgan fingerprint density at radius 1 is 1.59 bits per heavy atom. The second kappa shape index (κ2) is 4.22. The van der Waals surface area contributed by atoms with Crippen LogP contribution in [0.5, 0.6) is 0 Å². The van der Waals surface area contributed by atoms with Gasteiger partial charge in [0.15, 0.2) is 5.82 Å². The predicted octanol–water partition coefficient (Wildman–Crippen LogP) is 0.935. The van der Waals surface area contributed by atoms with E-state index in [1.165, 1.54) is 11.1 Å². The third kappa shape index (κ3) is 1.81. The largest absolute Gasteiger partial charge is 0.345 e. The van der Waals surface area contributed by atoms with Crippen LogP contribution < -0.4 is 9.80 Å². The van der Waals surface area contributed by atoms with Crippen molar-refractivity contribution in [1.29, 1.82) is 0 Å². The average Bonchev–Trinajstić information content (AvgIpc) is 2.32. The maximum Gasteiger partial charge on any atom is 0.250 e. The first-order valence-electron chi connectivity index (χ1n) is 5.02. The highest BCUT2D eigenvalue weighted by atomic mass is 35.5. The molecule has 6 heteroatoms. The van der Waals surface area contributed by atoms with Crippen LogP contribution in [0, 0.1) is 12.3 Å². The minimum atomic E-state index is -0.400. The number of fused-ring (bicyclic) bond motifs is 1. The van der Waals surface area contributed by atoms with Gasteiger partial charge in [-0.2, -0.15) is 4.98 Å². The van der Waals surface area contributed by atoms with E-state index >= 15 is 0 Å². The molecule has 1 atom stereocenters. The summed E-state index contributed by atoms with van der Waals surface area (Å²) in [5.74, 6) is 3.05. The number of nitrogens with zero attached hydrogens (tertiary/aromatic N) is 4. The molecule has 1 amide bonds. The molecular formula is C11H11ClN4O. The summed E-state index contributed by atoms with van der Waals surface area (Å²) < 4.78 is 0. The van der Waals surface area contributed by atoms with Gasteiger partial charge in [-0.05, 0) is 11.6 Å². The molecule has 0 unspecified atom stereocenters. The number of hydrogen-bond donors (Lipinski definition) is 0. The lowest BCUT2D eigenvalue weighted by molar-refractivity contribution is -0.119. The summed E-state index contributed by atoms with van der Waals surface area (Å²) in [5.41, 5.74) is 0.634. The van der Waals surface area contributed by atoms with Crippen molar-refractivity contribution < 1.29 is 4.79 Å². The monoisotopic (exact) mass is 250 g/mol. The van der Waals surface area contributed by atoms with Crippen molar-refractivity contribution in [2.24, 2.45) is 0 Å². The van der Waals surface area contributed by atoms with E-state index in [9.17, 15) is 4.79 Å². The van der Waals surface area contributed by atoms with Crippen molar-refractivity contribution >= 4 is 29.0 Å². The summed E-state index contributed by atoms with van der Waals surface area (Å²) in [5, 5.41) is 0.151. The summed E-state index contributed by atoms with van der Waals surface area (Å²) in [4.78, 5) is 23.3. The predicted molar refractivity (Wildman–Crippen MR) is 66.1 cm³/mol. The van der Waals surface area contributed by atoms with Gasteiger partial charge in [-0.3, -0.25) is 4.79 Å². The highest BCUT2D eigenvalue weighted by molar-refractivity contribution is 6.28. The molecule has 0 bridgehead atoms. The fourth-order valence-corrected chi connectivity index (χ4v) is 1.96. The van der Waals surface area contributed by atoms with Crippen LogP contribution in [0.3, 0.4) is 0 Å². The fourth-order valence-electron chi connectivity index (χ4n) is 1.83. The Morgan fingerprint density at radius 3 is 2.94 bits per heavy atom. The van der Waals surface area contributed by atoms with Crippen LogP contribution >= 0.6 is 11.6 Å². The maximum atomic E-state index is 12.1. The molecule has 0 spiro atoms. The van der Waals surface area contributed by atoms with Gasteiger partial charge in [0.25, 0.3) is 5.91 Å². The molecule has 1 aromatic rings. The van der Waals surface area contributed by atoms with Gasteiger partial charge in [0.05, 0.1) is 6.20 Å². The first-order valence-corrected chi connectivity index (χ1v) is 5.40. The number of anilines is 2. The molecule has 17 heavy (non-hydrogen) atoms. The standard InChI is InChI=1S/C11H11ClN4O/c1-4-5-7-10(17)16(3)8-6-13-11(12)14-9(8)15(7)2/h1,6-7H,5H2,2-3H3/t7-/m0/s1. The normalized spacial score (nSPS) is 18.9. The van der Waals surface area contributed by atoms with Crippen molar-refractivity contribution in [2.45, 2.75) is 12.5 Å². The second-order valence-electron chi connectivity index (χ2n) is 3.78. The molecule has 1 aliphatic rings. The van der Waals surface area contributed by atoms with Crippen LogP contribution in [-0.4, -0.2) is 36.0 Å². The summed E-state index contributed by atoms with van der Waals surface area (Å²) in [7, 11) is 3.45. The third-order valence-corrected chi connectivity index (χ3v) is 2.99. The van der Waals surface area contributed by atoms with E-state index in [2.05, 4.69) is 15.9 Å². The first kappa shape index (κ1) is 11.7. The second-order valence-corrected chi connectivity index (χ2v) is 4.12. The van der Waals surface area contributed by atoms with E-state index in [4.69, 9.17) is 18.0 Å². The van der Waals surface area contributed by atoms with E-state index in [0.717, 1.165) is 0 Å². The number of rotatable bonds is 1. The summed E-state index contributed by atoms with van der Waals surface area (Å²) in [6, 6.07) is -0.400. The first-order chi connectivity index (χ1) is 8.06. The lowest BCUT2D eigenvalue weighted by Gasteiger charge is -2.37. The molecule has 0 saturated heterocycles. The Kier molecular flexibility index (Phi) is 2.90. The molecule has 0 aromatic carbocycles. The SMILES string of the molecule is C#CC[C@H]1C(=O)N(C)c2cnc(Cl)nc2N1C. The molecule has 5 nitrogen and oxygen atoms in total. The molecule has 2 heterocycles. The van der Waals surface area contributed by atoms with Crippen LogP contribution in [0.25, 0.3) is 0 Å². The van der Waals surface area contributed by atoms with E-state index in [-0.39, 0.29) is 11.2 Å². The number of likely N-dealkylation sites (N-methyl/N-ethyl adjacent to an activating group) is 2. The van der Waals surface area contributed by atoms with Gasteiger partial charge in [0, 0.05) is 20.5 Å². The van der Waals surface area contributed by atoms with Gasteiger partial charge in [0.1, 0.15) is 11.7 Å². The van der Waals surface area contributed by atoms with Crippen molar-refractivity contribution in [1.82, 2.24) is 9.97 Å².